The van der Waals surface area contributed by atoms with Crippen molar-refractivity contribution < 1.29 is 9.53 Å². The number of ether oxygens (including phenoxy) is 1. The number of nitrogens with zero attached hydrogens (tertiary/aromatic N) is 2. The molecule has 1 saturated heterocycles. The van der Waals surface area contributed by atoms with Crippen molar-refractivity contribution in [1.82, 2.24) is 9.80 Å². The summed E-state index contributed by atoms with van der Waals surface area (Å²) in [4.78, 5) is 17.3. The Morgan fingerprint density at radius 2 is 1.79 bits per heavy atom. The van der Waals surface area contributed by atoms with E-state index in [1.807, 2.05) is 54.3 Å². The Balaban J connectivity index is 1.68. The molecule has 0 bridgehead atoms. The second kappa shape index (κ2) is 10.8. The average Bonchev–Trinajstić information content (AvgIpc) is 2.74. The molecule has 1 aliphatic rings. The second-order valence-electron chi connectivity index (χ2n) is 7.52. The minimum absolute atomic E-state index is 0.0617. The maximum absolute atomic E-state index is 13.1. The maximum atomic E-state index is 13.1. The van der Waals surface area contributed by atoms with Gasteiger partial charge in [-0.2, -0.15) is 0 Å². The van der Waals surface area contributed by atoms with Crippen LogP contribution in [0.2, 0.25) is 0 Å². The van der Waals surface area contributed by atoms with E-state index in [2.05, 4.69) is 35.3 Å². The molecule has 1 heterocycles. The number of benzene rings is 2. The smallest absolute Gasteiger partial charge is 0.322 e. The van der Waals surface area contributed by atoms with Crippen molar-refractivity contribution in [2.75, 3.05) is 51.3 Å². The van der Waals surface area contributed by atoms with Crippen LogP contribution in [0.3, 0.4) is 0 Å². The van der Waals surface area contributed by atoms with Gasteiger partial charge in [0.25, 0.3) is 0 Å². The number of anilines is 1. The Morgan fingerprint density at radius 1 is 1.10 bits per heavy atom. The van der Waals surface area contributed by atoms with Gasteiger partial charge in [-0.05, 0) is 31.0 Å². The van der Waals surface area contributed by atoms with Gasteiger partial charge in [0.1, 0.15) is 0 Å². The lowest BCUT2D eigenvalue weighted by molar-refractivity contribution is 0.0354. The highest BCUT2D eigenvalue weighted by Gasteiger charge is 2.17. The molecular weight excluding hydrogens is 362 g/mol. The molecule has 2 amide bonds. The largest absolute Gasteiger partial charge is 0.379 e. The summed E-state index contributed by atoms with van der Waals surface area (Å²) in [5.41, 5.74) is 4.22. The van der Waals surface area contributed by atoms with Gasteiger partial charge in [0.05, 0.1) is 13.2 Å². The van der Waals surface area contributed by atoms with Gasteiger partial charge in [-0.25, -0.2) is 4.79 Å². The molecule has 0 spiro atoms. The van der Waals surface area contributed by atoms with E-state index in [9.17, 15) is 4.79 Å². The van der Waals surface area contributed by atoms with E-state index in [1.165, 1.54) is 0 Å². The fraction of sp³-hybridized carbons (Fsp3) is 0.375. The molecule has 1 N–H and O–H groups in total. The zero-order valence-corrected chi connectivity index (χ0v) is 17.4. The van der Waals surface area contributed by atoms with Gasteiger partial charge in [-0.3, -0.25) is 4.90 Å². The molecule has 0 atom stereocenters. The first-order valence-corrected chi connectivity index (χ1v) is 10.3. The van der Waals surface area contributed by atoms with Crippen LogP contribution in [0.25, 0.3) is 6.08 Å². The van der Waals surface area contributed by atoms with Gasteiger partial charge in [0, 0.05) is 38.4 Å². The third-order valence-electron chi connectivity index (χ3n) is 5.12. The van der Waals surface area contributed by atoms with Crippen molar-refractivity contribution >= 4 is 17.8 Å². The molecular formula is C24H31N3O2. The van der Waals surface area contributed by atoms with Crippen molar-refractivity contribution in [3.63, 3.8) is 0 Å². The normalized spacial score (nSPS) is 15.2. The maximum Gasteiger partial charge on any atom is 0.322 e. The summed E-state index contributed by atoms with van der Waals surface area (Å²) < 4.78 is 5.43. The van der Waals surface area contributed by atoms with Crippen molar-refractivity contribution in [3.8, 4) is 0 Å². The Morgan fingerprint density at radius 3 is 2.52 bits per heavy atom. The van der Waals surface area contributed by atoms with Crippen LogP contribution in [0.5, 0.6) is 0 Å². The molecule has 1 fully saturated rings. The molecule has 0 unspecified atom stereocenters. The van der Waals surface area contributed by atoms with Crippen LogP contribution < -0.4 is 5.32 Å². The Kier molecular flexibility index (Phi) is 7.85. The summed E-state index contributed by atoms with van der Waals surface area (Å²) in [6.45, 7) is 9.59. The van der Waals surface area contributed by atoms with Crippen LogP contribution in [-0.4, -0.2) is 61.8 Å². The zero-order chi connectivity index (χ0) is 20.5. The standard InChI is InChI=1S/C24H31N3O2/c1-20(18-22-9-4-3-5-10-22)19-27(13-12-26-14-16-29-17-15-26)24(28)25-23-11-7-6-8-21(23)2/h3-11,18H,12-17,19H2,1-2H3,(H,25,28)/b20-18+. The lowest BCUT2D eigenvalue weighted by Crippen LogP contribution is -2.44. The van der Waals surface area contributed by atoms with Gasteiger partial charge >= 0.3 is 6.03 Å². The topological polar surface area (TPSA) is 44.8 Å². The van der Waals surface area contributed by atoms with E-state index in [-0.39, 0.29) is 6.03 Å². The molecule has 0 aromatic heterocycles. The lowest BCUT2D eigenvalue weighted by Gasteiger charge is -2.30. The number of amides is 2. The molecule has 5 nitrogen and oxygen atoms in total. The van der Waals surface area contributed by atoms with E-state index in [0.717, 1.165) is 55.2 Å². The van der Waals surface area contributed by atoms with Gasteiger partial charge < -0.3 is 15.0 Å². The SMILES string of the molecule is C/C(=C\c1ccccc1)CN(CCN1CCOCC1)C(=O)Nc1ccccc1C. The van der Waals surface area contributed by atoms with Gasteiger partial charge in [0.2, 0.25) is 0 Å². The number of rotatable bonds is 7. The fourth-order valence-electron chi connectivity index (χ4n) is 3.43. The molecule has 1 aliphatic heterocycles. The van der Waals surface area contributed by atoms with E-state index >= 15 is 0 Å². The first kappa shape index (κ1) is 21.1. The lowest BCUT2D eigenvalue weighted by atomic mass is 10.1. The van der Waals surface area contributed by atoms with Crippen LogP contribution in [-0.2, 0) is 4.74 Å². The monoisotopic (exact) mass is 393 g/mol. The number of morpholine rings is 1. The highest BCUT2D eigenvalue weighted by atomic mass is 16.5. The predicted molar refractivity (Wildman–Crippen MR) is 119 cm³/mol. The van der Waals surface area contributed by atoms with Crippen molar-refractivity contribution in [3.05, 3.63) is 71.3 Å². The van der Waals surface area contributed by atoms with Crippen LogP contribution in [0, 0.1) is 6.92 Å². The number of para-hydroxylation sites is 1. The predicted octanol–water partition coefficient (Wildman–Crippen LogP) is 4.26. The Hall–Kier alpha value is -2.63. The molecule has 29 heavy (non-hydrogen) atoms. The van der Waals surface area contributed by atoms with E-state index in [1.54, 1.807) is 0 Å². The Labute approximate surface area is 174 Å². The second-order valence-corrected chi connectivity index (χ2v) is 7.52. The first-order chi connectivity index (χ1) is 14.1. The number of hydrogen-bond acceptors (Lipinski definition) is 3. The molecule has 0 saturated carbocycles. The molecule has 154 valence electrons. The number of nitrogens with one attached hydrogen (secondary N) is 1. The van der Waals surface area contributed by atoms with Gasteiger partial charge in [-0.15, -0.1) is 0 Å². The first-order valence-electron chi connectivity index (χ1n) is 10.3. The number of carbonyl (C=O) groups excluding carboxylic acids is 1. The molecule has 2 aromatic carbocycles. The minimum Gasteiger partial charge on any atom is -0.379 e. The van der Waals surface area contributed by atoms with Crippen LogP contribution >= 0.6 is 0 Å². The molecule has 0 radical (unpaired) electrons. The molecule has 0 aliphatic carbocycles. The fourth-order valence-corrected chi connectivity index (χ4v) is 3.43. The zero-order valence-electron chi connectivity index (χ0n) is 17.4. The van der Waals surface area contributed by atoms with E-state index < -0.39 is 0 Å². The Bertz CT molecular complexity index is 814. The van der Waals surface area contributed by atoms with Crippen LogP contribution in [0.1, 0.15) is 18.1 Å². The van der Waals surface area contributed by atoms with Crippen LogP contribution in [0.4, 0.5) is 10.5 Å². The molecule has 5 heteroatoms. The van der Waals surface area contributed by atoms with Crippen LogP contribution in [0.15, 0.2) is 60.2 Å². The molecule has 2 aromatic rings. The number of aryl methyl sites for hydroxylation is 1. The highest BCUT2D eigenvalue weighted by Crippen LogP contribution is 2.15. The van der Waals surface area contributed by atoms with Gasteiger partial charge in [-0.1, -0.05) is 60.2 Å². The summed E-state index contributed by atoms with van der Waals surface area (Å²) in [6, 6.07) is 18.0. The highest BCUT2D eigenvalue weighted by molar-refractivity contribution is 5.90. The summed E-state index contributed by atoms with van der Waals surface area (Å²) in [7, 11) is 0. The number of carbonyl (C=O) groups is 1. The summed E-state index contributed by atoms with van der Waals surface area (Å²) in [6.07, 6.45) is 2.14. The molecule has 3 rings (SSSR count). The summed E-state index contributed by atoms with van der Waals surface area (Å²) in [5.74, 6) is 0. The van der Waals surface area contributed by atoms with Crippen molar-refractivity contribution in [2.45, 2.75) is 13.8 Å². The van der Waals surface area contributed by atoms with Crippen molar-refractivity contribution in [1.29, 1.82) is 0 Å². The minimum atomic E-state index is -0.0617. The van der Waals surface area contributed by atoms with Gasteiger partial charge in [0.15, 0.2) is 0 Å². The quantitative estimate of drug-likeness (QED) is 0.764. The summed E-state index contributed by atoms with van der Waals surface area (Å²) in [5, 5.41) is 3.08. The number of urea groups is 1. The van der Waals surface area contributed by atoms with E-state index in [4.69, 9.17) is 4.74 Å². The summed E-state index contributed by atoms with van der Waals surface area (Å²) >= 11 is 0. The number of hydrogen-bond donors (Lipinski definition) is 1. The van der Waals surface area contributed by atoms with Crippen molar-refractivity contribution in [2.24, 2.45) is 0 Å². The third-order valence-corrected chi connectivity index (χ3v) is 5.12. The average molecular weight is 394 g/mol. The third kappa shape index (κ3) is 6.73. The van der Waals surface area contributed by atoms with E-state index in [0.29, 0.717) is 13.1 Å².